The summed E-state index contributed by atoms with van der Waals surface area (Å²) in [4.78, 5) is 46.0. The van der Waals surface area contributed by atoms with Crippen LogP contribution < -0.4 is 0 Å². The fourth-order valence-electron chi connectivity index (χ4n) is 11.8. The van der Waals surface area contributed by atoms with Crippen molar-refractivity contribution in [2.45, 2.75) is 0 Å². The molecule has 0 aliphatic rings. The molecule has 16 rings (SSSR count). The van der Waals surface area contributed by atoms with E-state index in [2.05, 4.69) is 106 Å². The molecule has 0 atom stereocenters. The van der Waals surface area contributed by atoms with Gasteiger partial charge in [-0.3, -0.25) is 0 Å². The molecule has 12 heteroatoms. The maximum Gasteiger partial charge on any atom is 0.165 e. The highest BCUT2D eigenvalue weighted by Crippen LogP contribution is 2.43. The van der Waals surface area contributed by atoms with Crippen molar-refractivity contribution in [3.63, 3.8) is 0 Å². The van der Waals surface area contributed by atoms with Gasteiger partial charge in [0.05, 0.1) is 45.1 Å². The molecule has 16 aromatic rings. The molecule has 0 aliphatic carbocycles. The van der Waals surface area contributed by atoms with Gasteiger partial charge in [0.2, 0.25) is 0 Å². The van der Waals surface area contributed by atoms with E-state index < -0.39 is 0 Å². The molecule has 12 nitrogen and oxygen atoms in total. The Hall–Kier alpha value is -12.5. The summed E-state index contributed by atoms with van der Waals surface area (Å²) in [6.45, 7) is 0. The number of rotatable bonds is 11. The minimum absolute atomic E-state index is 0.354. The molecule has 0 saturated heterocycles. The van der Waals surface area contributed by atoms with Crippen molar-refractivity contribution in [3.05, 3.63) is 285 Å². The summed E-state index contributed by atoms with van der Waals surface area (Å²) < 4.78 is 4.56. The van der Waals surface area contributed by atoms with Crippen molar-refractivity contribution < 1.29 is 0 Å². The molecule has 0 N–H and O–H groups in total. The van der Waals surface area contributed by atoms with E-state index in [1.807, 2.05) is 188 Å². The second kappa shape index (κ2) is 21.6. The number of fused-ring (bicyclic) bond motifs is 6. The van der Waals surface area contributed by atoms with E-state index in [1.165, 1.54) is 0 Å². The Kier molecular flexibility index (Phi) is 12.6. The first kappa shape index (κ1) is 51.2. The van der Waals surface area contributed by atoms with Gasteiger partial charge in [0.15, 0.2) is 52.4 Å². The van der Waals surface area contributed by atoms with Gasteiger partial charge in [0, 0.05) is 71.6 Å². The van der Waals surface area contributed by atoms with E-state index in [0.717, 1.165) is 99.5 Å². The molecule has 0 radical (unpaired) electrons. The lowest BCUT2D eigenvalue weighted by atomic mass is 10.0. The normalized spacial score (nSPS) is 11.4. The van der Waals surface area contributed by atoms with Crippen LogP contribution in [0.25, 0.3) is 157 Å². The molecule has 0 aliphatic heterocycles. The van der Waals surface area contributed by atoms with Gasteiger partial charge in [0.1, 0.15) is 0 Å². The number of hydrogen-bond acceptors (Lipinski definition) is 10. The number of nitrogens with zero attached hydrogens (tertiary/aromatic N) is 12. The van der Waals surface area contributed by atoms with Crippen molar-refractivity contribution >= 4 is 43.6 Å². The molecule has 0 saturated carbocycles. The van der Waals surface area contributed by atoms with Crippen molar-refractivity contribution in [3.8, 4) is 120 Å². The van der Waals surface area contributed by atoms with E-state index in [9.17, 15) is 5.26 Å². The Labute approximate surface area is 504 Å². The highest BCUT2D eigenvalue weighted by atomic mass is 15.1. The Balaban J connectivity index is 0.953. The summed E-state index contributed by atoms with van der Waals surface area (Å²) in [7, 11) is 0. The van der Waals surface area contributed by atoms with Crippen LogP contribution in [0.15, 0.2) is 279 Å². The summed E-state index contributed by atoms with van der Waals surface area (Å²) in [5.41, 5.74) is 12.9. The molecule has 0 amide bonds. The molecular formula is C76H46N12. The molecule has 5 heterocycles. The Bertz CT molecular complexity index is 5210. The van der Waals surface area contributed by atoms with Crippen LogP contribution in [0.5, 0.6) is 0 Å². The summed E-state index contributed by atoms with van der Waals surface area (Å²) in [5, 5.41) is 15.5. The van der Waals surface area contributed by atoms with Crippen LogP contribution in [-0.4, -0.2) is 54.0 Å². The van der Waals surface area contributed by atoms with Crippen molar-refractivity contribution in [1.29, 1.82) is 5.26 Å². The van der Waals surface area contributed by atoms with E-state index in [4.69, 9.17) is 44.9 Å². The van der Waals surface area contributed by atoms with Crippen LogP contribution in [0.2, 0.25) is 0 Å². The first-order valence-electron chi connectivity index (χ1n) is 28.8. The average molecular weight is 1130 g/mol. The summed E-state index contributed by atoms with van der Waals surface area (Å²) in [6, 6.07) is 96.1. The van der Waals surface area contributed by atoms with Crippen molar-refractivity contribution in [1.82, 2.24) is 54.0 Å². The molecule has 88 heavy (non-hydrogen) atoms. The highest BCUT2D eigenvalue weighted by molar-refractivity contribution is 6.13. The number of nitriles is 1. The SMILES string of the molecule is N#Cc1cc(-n2c3ccccc3c3cc(-c4nc(-c5ccccc5)nc(-c5ccccc5)n4)ccc32)c(-n2c3ccccc3c3cc(-c4nc(-c5ccccc5)nc(-c5ccccc5)n4)ccc32)cc1-c1nc(-c2ccccc2)nc(-c2ccccc2)n1. The topological polar surface area (TPSA) is 150 Å². The molecule has 0 spiro atoms. The highest BCUT2D eigenvalue weighted by Gasteiger charge is 2.26. The zero-order chi connectivity index (χ0) is 58.5. The van der Waals surface area contributed by atoms with Crippen LogP contribution in [0.1, 0.15) is 5.56 Å². The van der Waals surface area contributed by atoms with E-state index in [0.29, 0.717) is 63.5 Å². The van der Waals surface area contributed by atoms with E-state index >= 15 is 0 Å². The van der Waals surface area contributed by atoms with Gasteiger partial charge in [-0.25, -0.2) is 44.9 Å². The molecule has 0 unspecified atom stereocenters. The minimum Gasteiger partial charge on any atom is -0.307 e. The molecule has 0 bridgehead atoms. The predicted molar refractivity (Wildman–Crippen MR) is 349 cm³/mol. The lowest BCUT2D eigenvalue weighted by Gasteiger charge is -2.19. The largest absolute Gasteiger partial charge is 0.307 e. The first-order chi connectivity index (χ1) is 43.6. The van der Waals surface area contributed by atoms with Gasteiger partial charge in [-0.05, 0) is 60.7 Å². The maximum atomic E-state index is 11.6. The maximum absolute atomic E-state index is 11.6. The van der Waals surface area contributed by atoms with Gasteiger partial charge in [0.25, 0.3) is 0 Å². The van der Waals surface area contributed by atoms with E-state index in [-0.39, 0.29) is 0 Å². The Morgan fingerprint density at radius 1 is 0.227 bits per heavy atom. The molecular weight excluding hydrogens is 1080 g/mol. The Morgan fingerprint density at radius 2 is 0.489 bits per heavy atom. The third kappa shape index (κ3) is 9.16. The summed E-state index contributed by atoms with van der Waals surface area (Å²) >= 11 is 0. The second-order valence-electron chi connectivity index (χ2n) is 21.3. The van der Waals surface area contributed by atoms with Crippen molar-refractivity contribution in [2.24, 2.45) is 0 Å². The standard InChI is InChI=1S/C76H46N12/c77-47-56-45-66(87-62-37-21-19-35-57(62)60-43-54(39-41-64(60)87)74-81-68(48-23-7-1-8-24-48)78-69(82-74)49-25-9-2-10-26-49)67(46-59(56)76-85-72(52-31-15-5-16-32-52)80-73(86-76)53-33-17-6-18-34-53)88-63-38-22-20-36-58(63)61-44-55(40-42-65(61)88)75-83-70(50-27-11-3-12-28-50)79-71(84-75)51-29-13-4-14-30-51/h1-46H. The minimum atomic E-state index is 0.354. The fourth-order valence-corrected chi connectivity index (χ4v) is 11.8. The molecule has 5 aromatic heterocycles. The zero-order valence-electron chi connectivity index (χ0n) is 46.9. The van der Waals surface area contributed by atoms with E-state index in [1.54, 1.807) is 0 Å². The van der Waals surface area contributed by atoms with Crippen LogP contribution >= 0.6 is 0 Å². The lowest BCUT2D eigenvalue weighted by Crippen LogP contribution is -2.07. The van der Waals surface area contributed by atoms with Gasteiger partial charge < -0.3 is 9.13 Å². The molecule has 0 fully saturated rings. The summed E-state index contributed by atoms with van der Waals surface area (Å²) in [5.74, 6) is 4.70. The van der Waals surface area contributed by atoms with Crippen LogP contribution in [-0.2, 0) is 0 Å². The summed E-state index contributed by atoms with van der Waals surface area (Å²) in [6.07, 6.45) is 0. The molecule has 11 aromatic carbocycles. The predicted octanol–water partition coefficient (Wildman–Crippen LogP) is 17.3. The number of para-hydroxylation sites is 2. The second-order valence-corrected chi connectivity index (χ2v) is 21.3. The number of aromatic nitrogens is 11. The van der Waals surface area contributed by atoms with Gasteiger partial charge >= 0.3 is 0 Å². The first-order valence-corrected chi connectivity index (χ1v) is 28.8. The fraction of sp³-hybridized carbons (Fsp3) is 0. The Morgan fingerprint density at radius 3 is 0.807 bits per heavy atom. The molecule has 410 valence electrons. The van der Waals surface area contributed by atoms with Gasteiger partial charge in [-0.2, -0.15) is 5.26 Å². The van der Waals surface area contributed by atoms with Crippen molar-refractivity contribution in [2.75, 3.05) is 0 Å². The van der Waals surface area contributed by atoms with Crippen LogP contribution in [0.4, 0.5) is 0 Å². The van der Waals surface area contributed by atoms with Gasteiger partial charge in [-0.1, -0.05) is 218 Å². The lowest BCUT2D eigenvalue weighted by molar-refractivity contribution is 1.06. The number of hydrogen-bond donors (Lipinski definition) is 0. The quantitative estimate of drug-likeness (QED) is 0.122. The smallest absolute Gasteiger partial charge is 0.165 e. The third-order valence-corrected chi connectivity index (χ3v) is 15.9. The monoisotopic (exact) mass is 1130 g/mol. The van der Waals surface area contributed by atoms with Gasteiger partial charge in [-0.15, -0.1) is 0 Å². The average Bonchev–Trinajstić information content (AvgIpc) is 1.67. The third-order valence-electron chi connectivity index (χ3n) is 15.9. The number of benzene rings is 11. The van der Waals surface area contributed by atoms with Crippen LogP contribution in [0.3, 0.4) is 0 Å². The van der Waals surface area contributed by atoms with Crippen LogP contribution in [0, 0.1) is 11.3 Å². The zero-order valence-corrected chi connectivity index (χ0v) is 46.9.